The Labute approximate surface area is 137 Å². The highest BCUT2D eigenvalue weighted by atomic mass is 79.9. The molecule has 4 rings (SSSR count). The van der Waals surface area contributed by atoms with Crippen molar-refractivity contribution < 1.29 is 14.3 Å². The number of ether oxygens (including phenoxy) is 2. The summed E-state index contributed by atoms with van der Waals surface area (Å²) in [5.41, 5.74) is 0.605. The summed E-state index contributed by atoms with van der Waals surface area (Å²) < 4.78 is 14.1. The minimum Gasteiger partial charge on any atom is -0.486 e. The van der Waals surface area contributed by atoms with Crippen LogP contribution in [0.4, 0.5) is 0 Å². The predicted octanol–water partition coefficient (Wildman–Crippen LogP) is 4.73. The monoisotopic (exact) mass is 380 g/mol. The van der Waals surface area contributed by atoms with E-state index >= 15 is 0 Å². The molecular weight excluding hydrogens is 372 g/mol. The van der Waals surface area contributed by atoms with Crippen LogP contribution in [0.2, 0.25) is 0 Å². The van der Waals surface area contributed by atoms with Gasteiger partial charge in [0.15, 0.2) is 11.5 Å². The maximum Gasteiger partial charge on any atom is 0.204 e. The Morgan fingerprint density at radius 3 is 2.62 bits per heavy atom. The molecule has 1 aromatic carbocycles. The van der Waals surface area contributed by atoms with E-state index in [4.69, 9.17) is 9.47 Å². The summed E-state index contributed by atoms with van der Waals surface area (Å²) in [6.07, 6.45) is 0. The molecule has 21 heavy (non-hydrogen) atoms. The predicted molar refractivity (Wildman–Crippen MR) is 88.3 cm³/mol. The van der Waals surface area contributed by atoms with Crippen LogP contribution in [-0.2, 0) is 0 Å². The molecule has 2 aromatic heterocycles. The second-order valence-corrected chi connectivity index (χ2v) is 7.45. The number of carbonyl (C=O) groups excluding carboxylic acids is 1. The van der Waals surface area contributed by atoms with Gasteiger partial charge in [-0.3, -0.25) is 4.79 Å². The van der Waals surface area contributed by atoms with Crippen molar-refractivity contribution in [3.05, 3.63) is 44.6 Å². The first kappa shape index (κ1) is 13.3. The van der Waals surface area contributed by atoms with E-state index < -0.39 is 0 Å². The SMILES string of the molecule is O=C(c1cc2sccc2s1)c1cc2c(cc1Br)OCCO2. The molecule has 0 bridgehead atoms. The summed E-state index contributed by atoms with van der Waals surface area (Å²) in [5, 5.41) is 2.04. The van der Waals surface area contributed by atoms with Crippen LogP contribution in [0.15, 0.2) is 34.1 Å². The van der Waals surface area contributed by atoms with E-state index in [-0.39, 0.29) is 5.78 Å². The number of carbonyl (C=O) groups is 1. The maximum absolute atomic E-state index is 12.7. The summed E-state index contributed by atoms with van der Waals surface area (Å²) in [7, 11) is 0. The molecule has 0 unspecified atom stereocenters. The van der Waals surface area contributed by atoms with Gasteiger partial charge in [-0.2, -0.15) is 0 Å². The topological polar surface area (TPSA) is 35.5 Å². The molecular formula is C15H9BrO3S2. The van der Waals surface area contributed by atoms with Gasteiger partial charge in [-0.25, -0.2) is 0 Å². The highest BCUT2D eigenvalue weighted by Gasteiger charge is 2.21. The van der Waals surface area contributed by atoms with Crippen LogP contribution in [0.5, 0.6) is 11.5 Å². The van der Waals surface area contributed by atoms with Gasteiger partial charge in [0.2, 0.25) is 5.78 Å². The van der Waals surface area contributed by atoms with Gasteiger partial charge in [-0.1, -0.05) is 0 Å². The third-order valence-electron chi connectivity index (χ3n) is 3.24. The Hall–Kier alpha value is -1.37. The van der Waals surface area contributed by atoms with Crippen molar-refractivity contribution in [2.45, 2.75) is 0 Å². The molecule has 6 heteroatoms. The van der Waals surface area contributed by atoms with Crippen LogP contribution in [0.1, 0.15) is 15.2 Å². The number of hydrogen-bond acceptors (Lipinski definition) is 5. The van der Waals surface area contributed by atoms with E-state index in [1.807, 2.05) is 17.5 Å². The largest absolute Gasteiger partial charge is 0.486 e. The third-order valence-corrected chi connectivity index (χ3v) is 5.99. The van der Waals surface area contributed by atoms with Gasteiger partial charge in [0.25, 0.3) is 0 Å². The molecule has 0 radical (unpaired) electrons. The Kier molecular flexibility index (Phi) is 3.24. The van der Waals surface area contributed by atoms with Crippen LogP contribution in [-0.4, -0.2) is 19.0 Å². The lowest BCUT2D eigenvalue weighted by Gasteiger charge is -2.19. The first-order chi connectivity index (χ1) is 10.2. The van der Waals surface area contributed by atoms with E-state index in [1.54, 1.807) is 23.5 Å². The van der Waals surface area contributed by atoms with Crippen LogP contribution >= 0.6 is 38.6 Å². The zero-order chi connectivity index (χ0) is 14.4. The van der Waals surface area contributed by atoms with E-state index in [1.165, 1.54) is 11.3 Å². The molecule has 1 aliphatic rings. The Bertz CT molecular complexity index is 821. The van der Waals surface area contributed by atoms with Gasteiger partial charge in [0.05, 0.1) is 4.88 Å². The van der Waals surface area contributed by atoms with Gasteiger partial charge in [-0.15, -0.1) is 22.7 Å². The lowest BCUT2D eigenvalue weighted by molar-refractivity contribution is 0.104. The van der Waals surface area contributed by atoms with E-state index in [0.717, 1.165) is 18.7 Å². The molecule has 0 amide bonds. The fourth-order valence-corrected chi connectivity index (χ4v) is 4.81. The minimum atomic E-state index is 0.00671. The molecule has 0 fully saturated rings. The third kappa shape index (κ3) is 2.27. The van der Waals surface area contributed by atoms with Crippen LogP contribution in [0, 0.1) is 0 Å². The van der Waals surface area contributed by atoms with Crippen molar-refractivity contribution in [2.75, 3.05) is 13.2 Å². The second kappa shape index (κ2) is 5.12. The van der Waals surface area contributed by atoms with Crippen molar-refractivity contribution in [3.63, 3.8) is 0 Å². The number of rotatable bonds is 2. The van der Waals surface area contributed by atoms with Crippen LogP contribution in [0.25, 0.3) is 9.40 Å². The first-order valence-corrected chi connectivity index (χ1v) is 8.82. The van der Waals surface area contributed by atoms with Crippen molar-refractivity contribution in [3.8, 4) is 11.5 Å². The number of benzene rings is 1. The molecule has 3 heterocycles. The Morgan fingerprint density at radius 2 is 1.86 bits per heavy atom. The van der Waals surface area contributed by atoms with E-state index in [2.05, 4.69) is 15.9 Å². The average molecular weight is 381 g/mol. The summed E-state index contributed by atoms with van der Waals surface area (Å²) in [6.45, 7) is 1.05. The van der Waals surface area contributed by atoms with Crippen LogP contribution in [0.3, 0.4) is 0 Å². The summed E-state index contributed by atoms with van der Waals surface area (Å²) in [4.78, 5) is 13.5. The van der Waals surface area contributed by atoms with Gasteiger partial charge in [0, 0.05) is 19.4 Å². The van der Waals surface area contributed by atoms with Crippen molar-refractivity contribution in [1.82, 2.24) is 0 Å². The van der Waals surface area contributed by atoms with Gasteiger partial charge in [-0.05, 0) is 45.6 Å². The zero-order valence-electron chi connectivity index (χ0n) is 10.7. The molecule has 106 valence electrons. The van der Waals surface area contributed by atoms with Gasteiger partial charge in [0.1, 0.15) is 13.2 Å². The Morgan fingerprint density at radius 1 is 1.10 bits per heavy atom. The number of halogens is 1. The molecule has 0 atom stereocenters. The summed E-state index contributed by atoms with van der Waals surface area (Å²) in [6, 6.07) is 7.56. The molecule has 0 N–H and O–H groups in total. The van der Waals surface area contributed by atoms with E-state index in [9.17, 15) is 4.79 Å². The highest BCUT2D eigenvalue weighted by Crippen LogP contribution is 2.38. The van der Waals surface area contributed by atoms with Gasteiger partial charge >= 0.3 is 0 Å². The molecule has 0 saturated heterocycles. The highest BCUT2D eigenvalue weighted by molar-refractivity contribution is 9.10. The maximum atomic E-state index is 12.7. The normalized spacial score (nSPS) is 13.6. The number of ketones is 1. The average Bonchev–Trinajstić information content (AvgIpc) is 3.07. The van der Waals surface area contributed by atoms with Gasteiger partial charge < -0.3 is 9.47 Å². The first-order valence-electron chi connectivity index (χ1n) is 6.33. The quantitative estimate of drug-likeness (QED) is 0.603. The number of thiophene rings is 2. The number of fused-ring (bicyclic) bond motifs is 2. The smallest absolute Gasteiger partial charge is 0.204 e. The molecule has 3 nitrogen and oxygen atoms in total. The molecule has 3 aromatic rings. The van der Waals surface area contributed by atoms with Crippen molar-refractivity contribution in [1.29, 1.82) is 0 Å². The molecule has 0 saturated carbocycles. The lowest BCUT2D eigenvalue weighted by atomic mass is 10.1. The number of hydrogen-bond donors (Lipinski definition) is 0. The van der Waals surface area contributed by atoms with Crippen LogP contribution < -0.4 is 9.47 Å². The zero-order valence-corrected chi connectivity index (χ0v) is 13.9. The van der Waals surface area contributed by atoms with Crippen molar-refractivity contribution >= 4 is 53.8 Å². The Balaban J connectivity index is 1.78. The standard InChI is InChI=1S/C15H9BrO3S2/c16-9-6-11-10(18-2-3-19-11)5-8(9)15(17)14-7-13-12(21-14)1-4-20-13/h1,4-7H,2-3H2. The van der Waals surface area contributed by atoms with Crippen molar-refractivity contribution in [2.24, 2.45) is 0 Å². The molecule has 1 aliphatic heterocycles. The van der Waals surface area contributed by atoms with E-state index in [0.29, 0.717) is 30.3 Å². The summed E-state index contributed by atoms with van der Waals surface area (Å²) in [5.74, 6) is 1.32. The lowest BCUT2D eigenvalue weighted by Crippen LogP contribution is -2.16. The minimum absolute atomic E-state index is 0.00671. The summed E-state index contributed by atoms with van der Waals surface area (Å²) >= 11 is 6.63. The fourth-order valence-electron chi connectivity index (χ4n) is 2.25. The molecule has 0 spiro atoms. The second-order valence-electron chi connectivity index (χ2n) is 4.56. The molecule has 0 aliphatic carbocycles. The fraction of sp³-hybridized carbons (Fsp3) is 0.133.